The van der Waals surface area contributed by atoms with Gasteiger partial charge in [-0.25, -0.2) is 0 Å². The van der Waals surface area contributed by atoms with E-state index in [0.717, 1.165) is 4.61 Å². The maximum Gasteiger partial charge on any atom is 0.205 e. The van der Waals surface area contributed by atoms with Crippen LogP contribution in [-0.2, 0) is 0 Å². The molecule has 0 spiro atoms. The van der Waals surface area contributed by atoms with E-state index in [4.69, 9.17) is 0 Å². The van der Waals surface area contributed by atoms with E-state index >= 15 is 0 Å². The summed E-state index contributed by atoms with van der Waals surface area (Å²) >= 11 is 3.22. The maximum atomic E-state index is 3.22. The first kappa shape index (κ1) is 4.97. The second-order valence-corrected chi connectivity index (χ2v) is 2.18. The van der Waals surface area contributed by atoms with Crippen molar-refractivity contribution in [1.82, 2.24) is 10.2 Å². The number of nitrogens with one attached hydrogen (secondary N) is 1. The van der Waals surface area contributed by atoms with Crippen LogP contribution < -0.4 is 5.32 Å². The quantitative estimate of drug-likeness (QED) is 0.526. The lowest BCUT2D eigenvalue weighted by molar-refractivity contribution is 0.559. The van der Waals surface area contributed by atoms with Gasteiger partial charge in [0.05, 0.1) is 4.61 Å². The van der Waals surface area contributed by atoms with Gasteiger partial charge in [0.25, 0.3) is 0 Å². The summed E-state index contributed by atoms with van der Waals surface area (Å²) in [5, 5.41) is 2.82. The number of rotatable bonds is 0. The molecule has 2 radical (unpaired) electrons. The summed E-state index contributed by atoms with van der Waals surface area (Å²) in [6.45, 7) is 2.81. The van der Waals surface area contributed by atoms with Crippen LogP contribution in [0.4, 0.5) is 0 Å². The molecule has 3 heteroatoms. The summed E-state index contributed by atoms with van der Waals surface area (Å²) in [6, 6.07) is 0. The van der Waals surface area contributed by atoms with Crippen molar-refractivity contribution in [3.05, 3.63) is 17.5 Å². The van der Waals surface area contributed by atoms with Crippen molar-refractivity contribution >= 4 is 15.9 Å². The number of hydrogen-bond donors (Lipinski definition) is 1. The minimum absolute atomic E-state index is 0.954. The highest BCUT2D eigenvalue weighted by atomic mass is 79.9. The van der Waals surface area contributed by atoms with Crippen LogP contribution in [0.25, 0.3) is 0 Å². The van der Waals surface area contributed by atoms with Crippen molar-refractivity contribution in [2.45, 2.75) is 0 Å². The highest BCUT2D eigenvalue weighted by Gasteiger charge is 2.03. The lowest BCUT2D eigenvalue weighted by Gasteiger charge is -1.98. The summed E-state index contributed by atoms with van der Waals surface area (Å²) in [4.78, 5) is 1.81. The third kappa shape index (κ3) is 1.09. The Labute approximate surface area is 51.3 Å². The molecule has 7 heavy (non-hydrogen) atoms. The second-order valence-electron chi connectivity index (χ2n) is 1.32. The van der Waals surface area contributed by atoms with Gasteiger partial charge < -0.3 is 10.2 Å². The van der Waals surface area contributed by atoms with E-state index in [2.05, 4.69) is 27.9 Å². The van der Waals surface area contributed by atoms with Crippen molar-refractivity contribution in [3.8, 4) is 0 Å². The molecule has 0 fully saturated rings. The molecule has 1 rings (SSSR count). The van der Waals surface area contributed by atoms with Crippen LogP contribution in [0.15, 0.2) is 10.8 Å². The Kier molecular flexibility index (Phi) is 1.23. The lowest BCUT2D eigenvalue weighted by atomic mass is 10.9. The molecule has 0 aromatic carbocycles. The van der Waals surface area contributed by atoms with Crippen LogP contribution in [0, 0.1) is 6.67 Å². The van der Waals surface area contributed by atoms with E-state index < -0.39 is 0 Å². The van der Waals surface area contributed by atoms with Crippen molar-refractivity contribution in [1.29, 1.82) is 0 Å². The molecular weight excluding hydrogens is 156 g/mol. The molecule has 1 heterocycles. The zero-order valence-corrected chi connectivity index (χ0v) is 5.49. The summed E-state index contributed by atoms with van der Waals surface area (Å²) in [5.74, 6) is 0. The monoisotopic (exact) mass is 160 g/mol. The largest absolute Gasteiger partial charge is 0.348 e. The van der Waals surface area contributed by atoms with Gasteiger partial charge in [0.15, 0.2) is 0 Å². The fraction of sp³-hybridized carbons (Fsp3) is 0.250. The van der Waals surface area contributed by atoms with E-state index in [1.54, 1.807) is 0 Å². The smallest absolute Gasteiger partial charge is 0.205 e. The molecule has 1 aliphatic rings. The molecule has 38 valence electrons. The zero-order chi connectivity index (χ0) is 5.28. The highest BCUT2D eigenvalue weighted by molar-refractivity contribution is 9.11. The van der Waals surface area contributed by atoms with Gasteiger partial charge in [-0.1, -0.05) is 0 Å². The van der Waals surface area contributed by atoms with Crippen molar-refractivity contribution in [2.24, 2.45) is 0 Å². The maximum absolute atomic E-state index is 3.22. The normalized spacial score (nSPS) is 19.1. The van der Waals surface area contributed by atoms with E-state index in [9.17, 15) is 0 Å². The van der Waals surface area contributed by atoms with Crippen LogP contribution >= 0.6 is 15.9 Å². The van der Waals surface area contributed by atoms with Gasteiger partial charge in [-0.05, 0) is 15.9 Å². The highest BCUT2D eigenvalue weighted by Crippen LogP contribution is 2.08. The Morgan fingerprint density at radius 2 is 2.71 bits per heavy atom. The van der Waals surface area contributed by atoms with Crippen LogP contribution in [-0.4, -0.2) is 11.9 Å². The standard InChI is InChI=1S/C4H5BrN2/c1-7-2-4(5)6-3-7/h2,6H,1H3. The SMILES string of the molecule is CN1[C]NC(Br)=C1. The minimum atomic E-state index is 0.954. The Bertz CT molecular complexity index is 99.9. The molecule has 0 bridgehead atoms. The molecule has 0 unspecified atom stereocenters. The third-order valence-electron chi connectivity index (χ3n) is 0.659. The van der Waals surface area contributed by atoms with Gasteiger partial charge in [-0.2, -0.15) is 0 Å². The van der Waals surface area contributed by atoms with Crippen molar-refractivity contribution < 1.29 is 0 Å². The van der Waals surface area contributed by atoms with Gasteiger partial charge in [-0.3, -0.25) is 0 Å². The fourth-order valence-corrected chi connectivity index (χ4v) is 0.772. The minimum Gasteiger partial charge on any atom is -0.348 e. The van der Waals surface area contributed by atoms with E-state index in [0.29, 0.717) is 0 Å². The predicted molar refractivity (Wildman–Crippen MR) is 31.2 cm³/mol. The third-order valence-corrected chi connectivity index (χ3v) is 1.06. The number of halogens is 1. The summed E-state index contributed by atoms with van der Waals surface area (Å²) in [5.41, 5.74) is 0. The molecule has 1 aliphatic heterocycles. The molecule has 0 atom stereocenters. The van der Waals surface area contributed by atoms with Crippen LogP contribution in [0.1, 0.15) is 0 Å². The Hall–Kier alpha value is -0.180. The van der Waals surface area contributed by atoms with Crippen molar-refractivity contribution in [3.63, 3.8) is 0 Å². The van der Waals surface area contributed by atoms with Crippen LogP contribution in [0.5, 0.6) is 0 Å². The summed E-state index contributed by atoms with van der Waals surface area (Å²) in [7, 11) is 1.90. The first-order valence-electron chi connectivity index (χ1n) is 1.91. The Morgan fingerprint density at radius 1 is 2.00 bits per heavy atom. The van der Waals surface area contributed by atoms with E-state index in [1.165, 1.54) is 0 Å². The van der Waals surface area contributed by atoms with Crippen LogP contribution in [0.2, 0.25) is 0 Å². The average molecular weight is 161 g/mol. The van der Waals surface area contributed by atoms with Gasteiger partial charge in [0.1, 0.15) is 0 Å². The Morgan fingerprint density at radius 3 is 2.86 bits per heavy atom. The summed E-state index contributed by atoms with van der Waals surface area (Å²) < 4.78 is 0.954. The molecular formula is C4H5BrN2. The van der Waals surface area contributed by atoms with Gasteiger partial charge in [0.2, 0.25) is 6.67 Å². The molecule has 0 aliphatic carbocycles. The van der Waals surface area contributed by atoms with Gasteiger partial charge in [0, 0.05) is 13.2 Å². The van der Waals surface area contributed by atoms with Gasteiger partial charge in [-0.15, -0.1) is 0 Å². The molecule has 0 saturated carbocycles. The molecule has 2 nitrogen and oxygen atoms in total. The molecule has 0 amide bonds. The fourth-order valence-electron chi connectivity index (χ4n) is 0.376. The molecule has 0 saturated heterocycles. The lowest BCUT2D eigenvalue weighted by Crippen LogP contribution is -2.07. The van der Waals surface area contributed by atoms with Crippen molar-refractivity contribution in [2.75, 3.05) is 7.05 Å². The zero-order valence-electron chi connectivity index (χ0n) is 3.90. The molecule has 0 aromatic heterocycles. The summed E-state index contributed by atoms with van der Waals surface area (Å²) in [6.07, 6.45) is 1.89. The number of nitrogens with zero attached hydrogens (tertiary/aromatic N) is 1. The first-order chi connectivity index (χ1) is 3.29. The van der Waals surface area contributed by atoms with E-state index in [-0.39, 0.29) is 0 Å². The predicted octanol–water partition coefficient (Wildman–Crippen LogP) is 0.711. The molecule has 0 aromatic rings. The Balaban J connectivity index is 2.50. The second kappa shape index (κ2) is 1.74. The van der Waals surface area contributed by atoms with Crippen LogP contribution in [0.3, 0.4) is 0 Å². The first-order valence-corrected chi connectivity index (χ1v) is 2.70. The van der Waals surface area contributed by atoms with E-state index in [1.807, 2.05) is 18.1 Å². The average Bonchev–Trinajstić information content (AvgIpc) is 1.87. The van der Waals surface area contributed by atoms with Gasteiger partial charge >= 0.3 is 0 Å². The number of hydrogen-bond acceptors (Lipinski definition) is 2. The topological polar surface area (TPSA) is 15.3 Å². The molecule has 1 N–H and O–H groups in total.